The predicted molar refractivity (Wildman–Crippen MR) is 69.4 cm³/mol. The Hall–Kier alpha value is -2.29. The van der Waals surface area contributed by atoms with Crippen molar-refractivity contribution in [3.8, 4) is 0 Å². The molecule has 18 heavy (non-hydrogen) atoms. The molecule has 2 aromatic rings. The van der Waals surface area contributed by atoms with Crippen LogP contribution in [0, 0.1) is 0 Å². The first kappa shape index (κ1) is 10.8. The summed E-state index contributed by atoms with van der Waals surface area (Å²) in [6.45, 7) is 0. The molecule has 0 N–H and O–H groups in total. The molecule has 0 aromatic heterocycles. The van der Waals surface area contributed by atoms with Crippen molar-refractivity contribution in [1.29, 1.82) is 0 Å². The highest BCUT2D eigenvalue weighted by Crippen LogP contribution is 2.34. The predicted octanol–water partition coefficient (Wildman–Crippen LogP) is 2.99. The summed E-state index contributed by atoms with van der Waals surface area (Å²) >= 11 is 0. The number of fused-ring (bicyclic) bond motifs is 1. The van der Waals surface area contributed by atoms with E-state index in [1.54, 1.807) is 6.07 Å². The molecule has 90 valence electrons. The van der Waals surface area contributed by atoms with Crippen LogP contribution in [-0.2, 0) is 4.74 Å². The second kappa shape index (κ2) is 4.18. The molecule has 0 fully saturated rings. The number of benzene rings is 2. The fraction of sp³-hybridized carbons (Fsp3) is 0.133. The highest BCUT2D eigenvalue weighted by molar-refractivity contribution is 5.94. The molecule has 1 aliphatic heterocycles. The standard InChI is InChI=1S/C15H13NO2/c1-16(11-7-3-2-4-8-11)14-12-9-5-6-10-13(12)15(17)18-14/h2-10,14H,1H3. The smallest absolute Gasteiger partial charge is 0.340 e. The summed E-state index contributed by atoms with van der Waals surface area (Å²) in [5, 5.41) is 0. The van der Waals surface area contributed by atoms with Crippen molar-refractivity contribution in [1.82, 2.24) is 0 Å². The average Bonchev–Trinajstić information content (AvgIpc) is 2.77. The molecule has 0 aliphatic carbocycles. The summed E-state index contributed by atoms with van der Waals surface area (Å²) in [5.41, 5.74) is 2.60. The Bertz CT molecular complexity index is 580. The zero-order valence-electron chi connectivity index (χ0n) is 10.0. The van der Waals surface area contributed by atoms with Gasteiger partial charge in [0, 0.05) is 18.3 Å². The normalized spacial score (nSPS) is 17.2. The number of nitrogens with zero attached hydrogens (tertiary/aromatic N) is 1. The second-order valence-electron chi connectivity index (χ2n) is 4.29. The molecule has 0 saturated heterocycles. The van der Waals surface area contributed by atoms with Gasteiger partial charge in [0.05, 0.1) is 5.56 Å². The number of hydrogen-bond acceptors (Lipinski definition) is 3. The van der Waals surface area contributed by atoms with E-state index in [9.17, 15) is 4.79 Å². The van der Waals surface area contributed by atoms with Crippen molar-refractivity contribution in [2.24, 2.45) is 0 Å². The lowest BCUT2D eigenvalue weighted by Crippen LogP contribution is -2.23. The quantitative estimate of drug-likeness (QED) is 0.754. The van der Waals surface area contributed by atoms with Crippen LogP contribution in [0.5, 0.6) is 0 Å². The molecule has 0 amide bonds. The zero-order chi connectivity index (χ0) is 12.5. The Kier molecular flexibility index (Phi) is 2.52. The molecule has 0 spiro atoms. The molecular weight excluding hydrogens is 226 g/mol. The van der Waals surface area contributed by atoms with E-state index in [0.29, 0.717) is 5.56 Å². The molecule has 1 heterocycles. The zero-order valence-corrected chi connectivity index (χ0v) is 10.0. The number of para-hydroxylation sites is 1. The lowest BCUT2D eigenvalue weighted by Gasteiger charge is -2.25. The van der Waals surface area contributed by atoms with Gasteiger partial charge in [-0.3, -0.25) is 0 Å². The summed E-state index contributed by atoms with van der Waals surface area (Å²) in [6.07, 6.45) is -0.337. The van der Waals surface area contributed by atoms with Gasteiger partial charge in [-0.25, -0.2) is 4.79 Å². The Morgan fingerprint density at radius 2 is 1.67 bits per heavy atom. The van der Waals surface area contributed by atoms with Crippen molar-refractivity contribution in [2.75, 3.05) is 11.9 Å². The van der Waals surface area contributed by atoms with Gasteiger partial charge in [0.2, 0.25) is 6.23 Å². The number of cyclic esters (lactones) is 1. The van der Waals surface area contributed by atoms with Crippen molar-refractivity contribution in [3.05, 3.63) is 65.7 Å². The van der Waals surface area contributed by atoms with E-state index in [4.69, 9.17) is 4.74 Å². The minimum atomic E-state index is -0.337. The molecule has 1 aliphatic rings. The maximum atomic E-state index is 11.8. The number of ether oxygens (including phenoxy) is 1. The summed E-state index contributed by atoms with van der Waals surface area (Å²) < 4.78 is 5.43. The van der Waals surface area contributed by atoms with Gasteiger partial charge >= 0.3 is 5.97 Å². The molecule has 1 unspecified atom stereocenters. The minimum Gasteiger partial charge on any atom is -0.434 e. The lowest BCUT2D eigenvalue weighted by molar-refractivity contribution is 0.0388. The van der Waals surface area contributed by atoms with Crippen LogP contribution >= 0.6 is 0 Å². The Morgan fingerprint density at radius 3 is 2.44 bits per heavy atom. The molecule has 3 heteroatoms. The van der Waals surface area contributed by atoms with Crippen LogP contribution in [0.3, 0.4) is 0 Å². The largest absolute Gasteiger partial charge is 0.434 e. The van der Waals surface area contributed by atoms with E-state index in [-0.39, 0.29) is 12.2 Å². The van der Waals surface area contributed by atoms with Gasteiger partial charge in [-0.15, -0.1) is 0 Å². The third-order valence-electron chi connectivity index (χ3n) is 3.18. The molecule has 3 rings (SSSR count). The number of esters is 1. The first-order valence-corrected chi connectivity index (χ1v) is 5.85. The fourth-order valence-electron chi connectivity index (χ4n) is 2.21. The van der Waals surface area contributed by atoms with Crippen LogP contribution in [0.15, 0.2) is 54.6 Å². The lowest BCUT2D eigenvalue weighted by atomic mass is 10.1. The molecule has 2 aromatic carbocycles. The monoisotopic (exact) mass is 239 g/mol. The number of carbonyl (C=O) groups is 1. The van der Waals surface area contributed by atoms with Gasteiger partial charge in [0.25, 0.3) is 0 Å². The van der Waals surface area contributed by atoms with Gasteiger partial charge in [-0.1, -0.05) is 36.4 Å². The minimum absolute atomic E-state index is 0.251. The van der Waals surface area contributed by atoms with Crippen molar-refractivity contribution < 1.29 is 9.53 Å². The number of anilines is 1. The van der Waals surface area contributed by atoms with Crippen LogP contribution in [0.4, 0.5) is 5.69 Å². The Morgan fingerprint density at radius 1 is 1.00 bits per heavy atom. The maximum absolute atomic E-state index is 11.8. The molecule has 0 bridgehead atoms. The topological polar surface area (TPSA) is 29.5 Å². The first-order valence-electron chi connectivity index (χ1n) is 5.85. The number of rotatable bonds is 2. The van der Waals surface area contributed by atoms with E-state index in [1.165, 1.54) is 0 Å². The molecule has 0 saturated carbocycles. The van der Waals surface area contributed by atoms with Crippen LogP contribution in [0.2, 0.25) is 0 Å². The highest BCUT2D eigenvalue weighted by Gasteiger charge is 2.33. The molecule has 1 atom stereocenters. The Balaban J connectivity index is 1.98. The van der Waals surface area contributed by atoms with Crippen molar-refractivity contribution in [3.63, 3.8) is 0 Å². The summed E-state index contributed by atoms with van der Waals surface area (Å²) in [7, 11) is 1.93. The van der Waals surface area contributed by atoms with Crippen LogP contribution < -0.4 is 4.90 Å². The summed E-state index contributed by atoms with van der Waals surface area (Å²) in [6, 6.07) is 17.4. The average molecular weight is 239 g/mol. The SMILES string of the molecule is CN(c1ccccc1)C1OC(=O)c2ccccc21. The third-order valence-corrected chi connectivity index (χ3v) is 3.18. The van der Waals surface area contributed by atoms with Crippen LogP contribution in [-0.4, -0.2) is 13.0 Å². The molecule has 0 radical (unpaired) electrons. The van der Waals surface area contributed by atoms with E-state index in [2.05, 4.69) is 0 Å². The fourth-order valence-corrected chi connectivity index (χ4v) is 2.21. The third kappa shape index (κ3) is 1.64. The van der Waals surface area contributed by atoms with E-state index in [1.807, 2.05) is 60.5 Å². The second-order valence-corrected chi connectivity index (χ2v) is 4.29. The molecule has 3 nitrogen and oxygen atoms in total. The van der Waals surface area contributed by atoms with E-state index < -0.39 is 0 Å². The van der Waals surface area contributed by atoms with Gasteiger partial charge < -0.3 is 9.64 Å². The van der Waals surface area contributed by atoms with Gasteiger partial charge in [0.1, 0.15) is 0 Å². The summed E-state index contributed by atoms with van der Waals surface area (Å²) in [4.78, 5) is 13.7. The van der Waals surface area contributed by atoms with Gasteiger partial charge in [-0.2, -0.15) is 0 Å². The van der Waals surface area contributed by atoms with E-state index >= 15 is 0 Å². The summed E-state index contributed by atoms with van der Waals surface area (Å²) in [5.74, 6) is -0.251. The first-order chi connectivity index (χ1) is 8.77. The van der Waals surface area contributed by atoms with Crippen molar-refractivity contribution in [2.45, 2.75) is 6.23 Å². The number of carbonyl (C=O) groups excluding carboxylic acids is 1. The van der Waals surface area contributed by atoms with Crippen molar-refractivity contribution >= 4 is 11.7 Å². The number of hydrogen-bond donors (Lipinski definition) is 0. The van der Waals surface area contributed by atoms with E-state index in [0.717, 1.165) is 11.3 Å². The highest BCUT2D eigenvalue weighted by atomic mass is 16.6. The Labute approximate surface area is 106 Å². The molecular formula is C15H13NO2. The van der Waals surface area contributed by atoms with Crippen LogP contribution in [0.1, 0.15) is 22.1 Å². The van der Waals surface area contributed by atoms with Crippen LogP contribution in [0.25, 0.3) is 0 Å². The van der Waals surface area contributed by atoms with Gasteiger partial charge in [0.15, 0.2) is 0 Å². The van der Waals surface area contributed by atoms with Gasteiger partial charge in [-0.05, 0) is 18.2 Å². The maximum Gasteiger partial charge on any atom is 0.340 e.